The summed E-state index contributed by atoms with van der Waals surface area (Å²) in [6, 6.07) is 4.16. The topological polar surface area (TPSA) is 84.3 Å². The van der Waals surface area contributed by atoms with Crippen LogP contribution in [0.15, 0.2) is 18.2 Å². The van der Waals surface area contributed by atoms with Crippen LogP contribution in [0, 0.1) is 16.0 Å². The van der Waals surface area contributed by atoms with Crippen molar-refractivity contribution in [1.29, 1.82) is 0 Å². The Kier molecular flexibility index (Phi) is 7.58. The molecule has 1 aromatic carbocycles. The number of nitrogens with one attached hydrogen (secondary N) is 2. The summed E-state index contributed by atoms with van der Waals surface area (Å²) in [7, 11) is 0. The molecule has 0 aliphatic carbocycles. The third-order valence-corrected chi connectivity index (χ3v) is 3.94. The second-order valence-corrected chi connectivity index (χ2v) is 5.63. The normalized spacial score (nSPS) is 17.4. The Bertz CT molecular complexity index is 534. The second-order valence-electron chi connectivity index (χ2n) is 5.23. The maximum atomic E-state index is 11.9. The quantitative estimate of drug-likeness (QED) is 0.632. The lowest BCUT2D eigenvalue weighted by atomic mass is 9.99. The van der Waals surface area contributed by atoms with Crippen LogP contribution in [0.25, 0.3) is 0 Å². The molecule has 1 unspecified atom stereocenters. The Morgan fingerprint density at radius 2 is 2.27 bits per heavy atom. The third-order valence-electron chi connectivity index (χ3n) is 3.59. The van der Waals surface area contributed by atoms with Gasteiger partial charge in [-0.3, -0.25) is 14.9 Å². The van der Waals surface area contributed by atoms with Crippen molar-refractivity contribution in [3.05, 3.63) is 38.9 Å². The standard InChI is InChI=1S/C14H18ClN3O3.ClH/c15-13-7-12(18(20)21)4-3-11(13)6-14(19)17-9-10-2-1-5-16-8-10;/h3-4,7,10,16H,1-2,5-6,8-9H2,(H,17,19);1H. The number of nitrogens with zero attached hydrogens (tertiary/aromatic N) is 1. The summed E-state index contributed by atoms with van der Waals surface area (Å²) in [4.78, 5) is 22.0. The number of carbonyl (C=O) groups is 1. The lowest BCUT2D eigenvalue weighted by Crippen LogP contribution is -2.38. The van der Waals surface area contributed by atoms with Gasteiger partial charge in [0.05, 0.1) is 16.4 Å². The van der Waals surface area contributed by atoms with Gasteiger partial charge in [0.2, 0.25) is 5.91 Å². The van der Waals surface area contributed by atoms with Gasteiger partial charge in [0, 0.05) is 18.7 Å². The van der Waals surface area contributed by atoms with Gasteiger partial charge in [0.15, 0.2) is 0 Å². The second kappa shape index (κ2) is 8.92. The Labute approximate surface area is 140 Å². The largest absolute Gasteiger partial charge is 0.355 e. The zero-order valence-corrected chi connectivity index (χ0v) is 13.6. The molecule has 0 saturated carbocycles. The van der Waals surface area contributed by atoms with E-state index in [1.807, 2.05) is 0 Å². The first kappa shape index (κ1) is 18.7. The molecule has 8 heteroatoms. The molecule has 0 aromatic heterocycles. The van der Waals surface area contributed by atoms with Crippen molar-refractivity contribution in [3.63, 3.8) is 0 Å². The van der Waals surface area contributed by atoms with Crippen molar-refractivity contribution < 1.29 is 9.72 Å². The first-order chi connectivity index (χ1) is 10.1. The van der Waals surface area contributed by atoms with E-state index in [4.69, 9.17) is 11.6 Å². The van der Waals surface area contributed by atoms with E-state index >= 15 is 0 Å². The van der Waals surface area contributed by atoms with Crippen molar-refractivity contribution in [2.24, 2.45) is 5.92 Å². The van der Waals surface area contributed by atoms with Crippen LogP contribution in [0.4, 0.5) is 5.69 Å². The van der Waals surface area contributed by atoms with Gasteiger partial charge >= 0.3 is 0 Å². The average Bonchev–Trinajstić information content (AvgIpc) is 2.48. The molecule has 1 amide bonds. The number of piperidine rings is 1. The summed E-state index contributed by atoms with van der Waals surface area (Å²) < 4.78 is 0. The molecule has 1 atom stereocenters. The number of halogens is 2. The van der Waals surface area contributed by atoms with Gasteiger partial charge in [-0.15, -0.1) is 12.4 Å². The summed E-state index contributed by atoms with van der Waals surface area (Å²) in [6.45, 7) is 2.62. The van der Waals surface area contributed by atoms with Gasteiger partial charge in [0.1, 0.15) is 0 Å². The average molecular weight is 348 g/mol. The monoisotopic (exact) mass is 347 g/mol. The van der Waals surface area contributed by atoms with Crippen LogP contribution in [-0.2, 0) is 11.2 Å². The van der Waals surface area contributed by atoms with Crippen LogP contribution < -0.4 is 10.6 Å². The van der Waals surface area contributed by atoms with E-state index in [1.165, 1.54) is 18.2 Å². The number of benzene rings is 1. The van der Waals surface area contributed by atoms with E-state index in [9.17, 15) is 14.9 Å². The smallest absolute Gasteiger partial charge is 0.270 e. The molecule has 122 valence electrons. The van der Waals surface area contributed by atoms with E-state index in [-0.39, 0.29) is 35.4 Å². The van der Waals surface area contributed by atoms with Crippen LogP contribution in [-0.4, -0.2) is 30.5 Å². The van der Waals surface area contributed by atoms with Crippen LogP contribution >= 0.6 is 24.0 Å². The van der Waals surface area contributed by atoms with Crippen molar-refractivity contribution in [3.8, 4) is 0 Å². The van der Waals surface area contributed by atoms with E-state index in [0.717, 1.165) is 25.9 Å². The molecular formula is C14H19Cl2N3O3. The molecule has 1 heterocycles. The number of non-ortho nitro benzene ring substituents is 1. The van der Waals surface area contributed by atoms with E-state index < -0.39 is 4.92 Å². The molecular weight excluding hydrogens is 329 g/mol. The number of hydrogen-bond acceptors (Lipinski definition) is 4. The van der Waals surface area contributed by atoms with Crippen molar-refractivity contribution in [2.45, 2.75) is 19.3 Å². The molecule has 0 spiro atoms. The molecule has 2 rings (SSSR count). The lowest BCUT2D eigenvalue weighted by molar-refractivity contribution is -0.384. The van der Waals surface area contributed by atoms with E-state index in [2.05, 4.69) is 10.6 Å². The predicted octanol–water partition coefficient (Wildman–Crippen LogP) is 2.33. The predicted molar refractivity (Wildman–Crippen MR) is 87.7 cm³/mol. The number of amides is 1. The van der Waals surface area contributed by atoms with E-state index in [0.29, 0.717) is 18.0 Å². The molecule has 1 saturated heterocycles. The molecule has 6 nitrogen and oxygen atoms in total. The number of hydrogen-bond donors (Lipinski definition) is 2. The van der Waals surface area contributed by atoms with Gasteiger partial charge in [-0.2, -0.15) is 0 Å². The number of rotatable bonds is 5. The fourth-order valence-electron chi connectivity index (χ4n) is 2.39. The first-order valence-electron chi connectivity index (χ1n) is 6.96. The van der Waals surface area contributed by atoms with Crippen LogP contribution in [0.5, 0.6) is 0 Å². The van der Waals surface area contributed by atoms with Crippen LogP contribution in [0.1, 0.15) is 18.4 Å². The summed E-state index contributed by atoms with van der Waals surface area (Å²) in [5, 5.41) is 17.1. The zero-order chi connectivity index (χ0) is 15.2. The third kappa shape index (κ3) is 5.44. The van der Waals surface area contributed by atoms with Crippen LogP contribution in [0.3, 0.4) is 0 Å². The Hall–Kier alpha value is -1.37. The summed E-state index contributed by atoms with van der Waals surface area (Å²) >= 11 is 5.97. The maximum Gasteiger partial charge on any atom is 0.270 e. The lowest BCUT2D eigenvalue weighted by Gasteiger charge is -2.22. The van der Waals surface area contributed by atoms with Gasteiger partial charge in [-0.1, -0.05) is 17.7 Å². The molecule has 1 aromatic rings. The highest BCUT2D eigenvalue weighted by molar-refractivity contribution is 6.31. The molecule has 22 heavy (non-hydrogen) atoms. The van der Waals surface area contributed by atoms with Crippen LogP contribution in [0.2, 0.25) is 5.02 Å². The molecule has 2 N–H and O–H groups in total. The summed E-state index contributed by atoms with van der Waals surface area (Å²) in [5.41, 5.74) is 0.527. The first-order valence-corrected chi connectivity index (χ1v) is 7.34. The minimum atomic E-state index is -0.508. The van der Waals surface area contributed by atoms with Gasteiger partial charge in [0.25, 0.3) is 5.69 Å². The number of nitro benzene ring substituents is 1. The van der Waals surface area contributed by atoms with Gasteiger partial charge in [-0.25, -0.2) is 0 Å². The van der Waals surface area contributed by atoms with Crippen molar-refractivity contribution >= 4 is 35.6 Å². The molecule has 1 aliphatic heterocycles. The number of carbonyl (C=O) groups excluding carboxylic acids is 1. The summed E-state index contributed by atoms with van der Waals surface area (Å²) in [6.07, 6.45) is 2.39. The highest BCUT2D eigenvalue weighted by Crippen LogP contribution is 2.22. The highest BCUT2D eigenvalue weighted by atomic mass is 35.5. The Morgan fingerprint density at radius 1 is 1.50 bits per heavy atom. The minimum Gasteiger partial charge on any atom is -0.355 e. The molecule has 0 bridgehead atoms. The Morgan fingerprint density at radius 3 is 2.86 bits per heavy atom. The van der Waals surface area contributed by atoms with E-state index in [1.54, 1.807) is 0 Å². The molecule has 1 aliphatic rings. The van der Waals surface area contributed by atoms with Gasteiger partial charge in [-0.05, 0) is 37.4 Å². The van der Waals surface area contributed by atoms with Crippen molar-refractivity contribution in [1.82, 2.24) is 10.6 Å². The fraction of sp³-hybridized carbons (Fsp3) is 0.500. The molecule has 1 fully saturated rings. The minimum absolute atomic E-state index is 0. The summed E-state index contributed by atoms with van der Waals surface area (Å²) in [5.74, 6) is 0.353. The zero-order valence-electron chi connectivity index (χ0n) is 12.0. The SMILES string of the molecule is Cl.O=C(Cc1ccc([N+](=O)[O-])cc1Cl)NCC1CCCNC1. The Balaban J connectivity index is 0.00000242. The van der Waals surface area contributed by atoms with Crippen molar-refractivity contribution in [2.75, 3.05) is 19.6 Å². The van der Waals surface area contributed by atoms with Gasteiger partial charge < -0.3 is 10.6 Å². The fourth-order valence-corrected chi connectivity index (χ4v) is 2.63. The maximum absolute atomic E-state index is 11.9. The molecule has 0 radical (unpaired) electrons. The number of nitro groups is 1. The highest BCUT2D eigenvalue weighted by Gasteiger charge is 2.15.